The van der Waals surface area contributed by atoms with Crippen LogP contribution in [0.2, 0.25) is 5.02 Å². The number of rotatable bonds is 4. The highest BCUT2D eigenvalue weighted by atomic mass is 35.5. The zero-order valence-electron chi connectivity index (χ0n) is 9.33. The third kappa shape index (κ3) is 3.25. The summed E-state index contributed by atoms with van der Waals surface area (Å²) in [7, 11) is -3.78. The predicted octanol–water partition coefficient (Wildman–Crippen LogP) is 2.90. The number of carboxylic acid groups (broad SMARTS) is 1. The number of aromatic carboxylic acids is 1. The van der Waals surface area contributed by atoms with Crippen molar-refractivity contribution >= 4 is 44.6 Å². The number of nitrogens with one attached hydrogen (secondary N) is 1. The van der Waals surface area contributed by atoms with Crippen molar-refractivity contribution in [2.45, 2.75) is 4.21 Å². The molecule has 2 N–H and O–H groups in total. The SMILES string of the molecule is O=C(O)c1csc(S(=O)(=O)Nc2ccc(Cl)cc2)c1. The number of carbonyl (C=O) groups is 1. The van der Waals surface area contributed by atoms with E-state index in [1.807, 2.05) is 0 Å². The predicted molar refractivity (Wildman–Crippen MR) is 73.5 cm³/mol. The van der Waals surface area contributed by atoms with E-state index in [1.54, 1.807) is 12.1 Å². The first kappa shape index (κ1) is 13.9. The van der Waals surface area contributed by atoms with Crippen LogP contribution in [-0.2, 0) is 10.0 Å². The molecule has 0 bridgehead atoms. The second-order valence-corrected chi connectivity index (χ2v) is 6.83. The van der Waals surface area contributed by atoms with E-state index in [2.05, 4.69) is 4.72 Å². The van der Waals surface area contributed by atoms with Crippen molar-refractivity contribution in [1.29, 1.82) is 0 Å². The standard InChI is InChI=1S/C11H8ClNO4S2/c12-8-1-3-9(4-2-8)13-19(16,17)10-5-7(6-18-10)11(14)15/h1-6,13H,(H,14,15). The molecule has 0 spiro atoms. The lowest BCUT2D eigenvalue weighted by atomic mass is 10.3. The maximum absolute atomic E-state index is 12.0. The van der Waals surface area contributed by atoms with E-state index in [1.165, 1.54) is 17.5 Å². The molecule has 0 aliphatic carbocycles. The van der Waals surface area contributed by atoms with Crippen LogP contribution in [0.1, 0.15) is 10.4 Å². The summed E-state index contributed by atoms with van der Waals surface area (Å²) in [6.07, 6.45) is 0. The number of thiophene rings is 1. The van der Waals surface area contributed by atoms with E-state index >= 15 is 0 Å². The quantitative estimate of drug-likeness (QED) is 0.908. The van der Waals surface area contributed by atoms with Gasteiger partial charge in [-0.3, -0.25) is 4.72 Å². The van der Waals surface area contributed by atoms with Crippen molar-refractivity contribution in [3.05, 3.63) is 46.3 Å². The number of halogens is 1. The summed E-state index contributed by atoms with van der Waals surface area (Å²) in [5.41, 5.74) is 0.302. The third-order valence-corrected chi connectivity index (χ3v) is 5.26. The Kier molecular flexibility index (Phi) is 3.79. The number of hydrogen-bond donors (Lipinski definition) is 2. The van der Waals surface area contributed by atoms with Gasteiger partial charge in [-0.05, 0) is 30.3 Å². The van der Waals surface area contributed by atoms with Crippen LogP contribution in [0.15, 0.2) is 39.9 Å². The first-order valence-electron chi connectivity index (χ1n) is 4.99. The summed E-state index contributed by atoms with van der Waals surface area (Å²) < 4.78 is 26.3. The topological polar surface area (TPSA) is 83.5 Å². The molecule has 0 aliphatic rings. The Morgan fingerprint density at radius 1 is 1.26 bits per heavy atom. The van der Waals surface area contributed by atoms with Gasteiger partial charge in [-0.1, -0.05) is 11.6 Å². The van der Waals surface area contributed by atoms with Gasteiger partial charge in [0, 0.05) is 16.1 Å². The molecule has 1 aromatic heterocycles. The van der Waals surface area contributed by atoms with Crippen molar-refractivity contribution < 1.29 is 18.3 Å². The highest BCUT2D eigenvalue weighted by Crippen LogP contribution is 2.23. The fourth-order valence-electron chi connectivity index (χ4n) is 1.29. The van der Waals surface area contributed by atoms with Gasteiger partial charge in [-0.2, -0.15) is 0 Å². The summed E-state index contributed by atoms with van der Waals surface area (Å²) in [6.45, 7) is 0. The molecule has 2 aromatic rings. The Hall–Kier alpha value is -1.57. The lowest BCUT2D eigenvalue weighted by molar-refractivity contribution is 0.0697. The minimum absolute atomic E-state index is 0.0542. The Morgan fingerprint density at radius 2 is 1.89 bits per heavy atom. The third-order valence-electron chi connectivity index (χ3n) is 2.18. The number of sulfonamides is 1. The summed E-state index contributed by atoms with van der Waals surface area (Å²) in [5.74, 6) is -1.16. The molecule has 0 amide bonds. The van der Waals surface area contributed by atoms with Gasteiger partial charge in [0.2, 0.25) is 0 Å². The number of hydrogen-bond acceptors (Lipinski definition) is 4. The molecule has 5 nitrogen and oxygen atoms in total. The van der Waals surface area contributed by atoms with Gasteiger partial charge in [0.05, 0.1) is 5.56 Å². The zero-order valence-corrected chi connectivity index (χ0v) is 11.7. The minimum atomic E-state index is -3.78. The molecule has 0 aliphatic heterocycles. The summed E-state index contributed by atoms with van der Waals surface area (Å²) in [6, 6.07) is 7.26. The Balaban J connectivity index is 2.26. The normalized spacial score (nSPS) is 11.2. The van der Waals surface area contributed by atoms with Crippen LogP contribution in [0.25, 0.3) is 0 Å². The molecule has 1 heterocycles. The van der Waals surface area contributed by atoms with Crippen molar-refractivity contribution in [3.8, 4) is 0 Å². The van der Waals surface area contributed by atoms with Crippen molar-refractivity contribution in [3.63, 3.8) is 0 Å². The monoisotopic (exact) mass is 317 g/mol. The van der Waals surface area contributed by atoms with Crippen molar-refractivity contribution in [2.24, 2.45) is 0 Å². The van der Waals surface area contributed by atoms with Crippen LogP contribution in [-0.4, -0.2) is 19.5 Å². The molecule has 19 heavy (non-hydrogen) atoms. The molecule has 0 saturated heterocycles. The van der Waals surface area contributed by atoms with Gasteiger partial charge in [0.25, 0.3) is 10.0 Å². The average molecular weight is 318 g/mol. The van der Waals surface area contributed by atoms with Gasteiger partial charge in [0.1, 0.15) is 4.21 Å². The van der Waals surface area contributed by atoms with Gasteiger partial charge in [-0.25, -0.2) is 13.2 Å². The highest BCUT2D eigenvalue weighted by Gasteiger charge is 2.18. The summed E-state index contributed by atoms with van der Waals surface area (Å²) in [5, 5.41) is 10.5. The van der Waals surface area contributed by atoms with Crippen LogP contribution in [0, 0.1) is 0 Å². The molecule has 1 aromatic carbocycles. The number of benzene rings is 1. The Labute approximate surface area is 118 Å². The summed E-state index contributed by atoms with van der Waals surface area (Å²) in [4.78, 5) is 10.7. The van der Waals surface area contributed by atoms with Crippen LogP contribution in [0.5, 0.6) is 0 Å². The van der Waals surface area contributed by atoms with Crippen LogP contribution >= 0.6 is 22.9 Å². The van der Waals surface area contributed by atoms with E-state index in [4.69, 9.17) is 16.7 Å². The highest BCUT2D eigenvalue weighted by molar-refractivity contribution is 7.94. The van der Waals surface area contributed by atoms with E-state index in [9.17, 15) is 13.2 Å². The fraction of sp³-hybridized carbons (Fsp3) is 0. The van der Waals surface area contributed by atoms with E-state index < -0.39 is 16.0 Å². The molecule has 0 fully saturated rings. The lowest BCUT2D eigenvalue weighted by Gasteiger charge is -2.05. The molecule has 2 rings (SSSR count). The molecular weight excluding hydrogens is 310 g/mol. The van der Waals surface area contributed by atoms with Gasteiger partial charge in [0.15, 0.2) is 0 Å². The zero-order chi connectivity index (χ0) is 14.0. The summed E-state index contributed by atoms with van der Waals surface area (Å²) >= 11 is 6.55. The first-order chi connectivity index (χ1) is 8.88. The molecular formula is C11H8ClNO4S2. The smallest absolute Gasteiger partial charge is 0.336 e. The Morgan fingerprint density at radius 3 is 2.42 bits per heavy atom. The molecule has 0 unspecified atom stereocenters. The van der Waals surface area contributed by atoms with E-state index in [-0.39, 0.29) is 9.77 Å². The molecule has 100 valence electrons. The number of carboxylic acids is 1. The van der Waals surface area contributed by atoms with E-state index in [0.29, 0.717) is 10.7 Å². The van der Waals surface area contributed by atoms with Gasteiger partial charge < -0.3 is 5.11 Å². The van der Waals surface area contributed by atoms with Gasteiger partial charge >= 0.3 is 5.97 Å². The second kappa shape index (κ2) is 5.20. The maximum atomic E-state index is 12.0. The average Bonchev–Trinajstić information content (AvgIpc) is 2.82. The van der Waals surface area contributed by atoms with Crippen LogP contribution in [0.3, 0.4) is 0 Å². The van der Waals surface area contributed by atoms with Crippen molar-refractivity contribution in [1.82, 2.24) is 0 Å². The number of anilines is 1. The van der Waals surface area contributed by atoms with Gasteiger partial charge in [-0.15, -0.1) is 11.3 Å². The molecule has 0 radical (unpaired) electrons. The molecule has 0 atom stereocenters. The second-order valence-electron chi connectivity index (χ2n) is 3.57. The molecule has 8 heteroatoms. The maximum Gasteiger partial charge on any atom is 0.336 e. The van der Waals surface area contributed by atoms with Crippen molar-refractivity contribution in [2.75, 3.05) is 4.72 Å². The van der Waals surface area contributed by atoms with E-state index in [0.717, 1.165) is 17.4 Å². The van der Waals surface area contributed by atoms with Crippen LogP contribution in [0.4, 0.5) is 5.69 Å². The Bertz CT molecular complexity index is 707. The fourth-order valence-corrected chi connectivity index (χ4v) is 3.63. The lowest BCUT2D eigenvalue weighted by Crippen LogP contribution is -2.11. The molecule has 0 saturated carbocycles. The first-order valence-corrected chi connectivity index (χ1v) is 7.73. The largest absolute Gasteiger partial charge is 0.478 e. The minimum Gasteiger partial charge on any atom is -0.478 e. The van der Waals surface area contributed by atoms with Crippen LogP contribution < -0.4 is 4.72 Å².